The molecule has 0 aliphatic carbocycles. The molecule has 0 aromatic heterocycles. The molecule has 0 aliphatic rings. The molecule has 172 valence electrons. The fourth-order valence-corrected chi connectivity index (χ4v) is 21.3. The number of carboxylic acids is 1. The minimum absolute atomic E-state index is 0.153. The predicted octanol–water partition coefficient (Wildman–Crippen LogP) is 5.13. The van der Waals surface area contributed by atoms with Crippen LogP contribution in [0.2, 0.25) is 13.3 Å². The number of aliphatic carboxylic acids is 1. The Morgan fingerprint density at radius 1 is 0.933 bits per heavy atom. The third kappa shape index (κ3) is 7.82. The molecule has 0 saturated heterocycles. The molecular formula is C23H41NO4SSn. The standard InChI is InChI=1S/C11H14NO4S.3C4H9.Sn/c1-8(2)10(11(13)14)12-17(15,16)9-6-4-3-5-7-9;3*1-3-4-2;/h4-8,10,12H,1-2H3,(H,13,14);3*1,3-4H2,2H3;. The second kappa shape index (κ2) is 13.1. The maximum absolute atomic E-state index is 12.8. The van der Waals surface area contributed by atoms with E-state index < -0.39 is 40.4 Å². The first-order valence-electron chi connectivity index (χ1n) is 11.5. The van der Waals surface area contributed by atoms with Gasteiger partial charge in [-0.1, -0.05) is 0 Å². The summed E-state index contributed by atoms with van der Waals surface area (Å²) in [4.78, 5) is 11.6. The molecule has 0 bridgehead atoms. The van der Waals surface area contributed by atoms with Gasteiger partial charge in [-0.05, 0) is 0 Å². The second-order valence-corrected chi connectivity index (χ2v) is 23.7. The van der Waals surface area contributed by atoms with Crippen LogP contribution in [-0.4, -0.2) is 43.9 Å². The van der Waals surface area contributed by atoms with E-state index in [2.05, 4.69) is 25.5 Å². The van der Waals surface area contributed by atoms with Crippen LogP contribution in [-0.2, 0) is 14.8 Å². The van der Waals surface area contributed by atoms with E-state index in [1.807, 2.05) is 12.1 Å². The van der Waals surface area contributed by atoms with Crippen molar-refractivity contribution >= 4 is 37.9 Å². The first-order chi connectivity index (χ1) is 14.1. The van der Waals surface area contributed by atoms with Crippen LogP contribution in [0.3, 0.4) is 0 Å². The molecule has 5 nitrogen and oxygen atoms in total. The molecule has 30 heavy (non-hydrogen) atoms. The van der Waals surface area contributed by atoms with Gasteiger partial charge in [-0.3, -0.25) is 0 Å². The van der Waals surface area contributed by atoms with Crippen LogP contribution in [0.5, 0.6) is 0 Å². The minimum atomic E-state index is -3.87. The van der Waals surface area contributed by atoms with Crippen LogP contribution < -0.4 is 8.30 Å². The number of sulfonamides is 1. The van der Waals surface area contributed by atoms with Gasteiger partial charge in [0.05, 0.1) is 0 Å². The van der Waals surface area contributed by atoms with Crippen LogP contribution in [0.1, 0.15) is 73.1 Å². The van der Waals surface area contributed by atoms with Crippen LogP contribution in [0, 0.1) is 5.92 Å². The average Bonchev–Trinajstić information content (AvgIpc) is 2.71. The first-order valence-corrected chi connectivity index (χ1v) is 20.5. The van der Waals surface area contributed by atoms with Crippen LogP contribution >= 0.6 is 0 Å². The normalized spacial score (nSPS) is 13.5. The molecule has 0 heterocycles. The van der Waals surface area contributed by atoms with E-state index in [1.54, 1.807) is 26.0 Å². The summed E-state index contributed by atoms with van der Waals surface area (Å²) in [6.07, 6.45) is 7.33. The molecule has 1 unspecified atom stereocenters. The topological polar surface area (TPSA) is 83.5 Å². The van der Waals surface area contributed by atoms with E-state index in [0.29, 0.717) is 0 Å². The fourth-order valence-electron chi connectivity index (χ4n) is 4.05. The summed E-state index contributed by atoms with van der Waals surface area (Å²) < 4.78 is 33.3. The van der Waals surface area contributed by atoms with Gasteiger partial charge in [0.15, 0.2) is 0 Å². The number of benzene rings is 1. The van der Waals surface area contributed by atoms with Crippen LogP contribution in [0.25, 0.3) is 0 Å². The summed E-state index contributed by atoms with van der Waals surface area (Å²) in [5.74, 6) is -1.49. The van der Waals surface area contributed by atoms with Gasteiger partial charge in [0.25, 0.3) is 0 Å². The van der Waals surface area contributed by atoms with Crippen molar-refractivity contribution in [2.45, 2.75) is 97.4 Å². The van der Waals surface area contributed by atoms with Crippen molar-refractivity contribution in [2.75, 3.05) is 0 Å². The van der Waals surface area contributed by atoms with Gasteiger partial charge < -0.3 is 0 Å². The monoisotopic (exact) mass is 547 g/mol. The third-order valence-electron chi connectivity index (χ3n) is 6.02. The summed E-state index contributed by atoms with van der Waals surface area (Å²) in [5.41, 5.74) is 0. The quantitative estimate of drug-likeness (QED) is 0.299. The summed E-state index contributed by atoms with van der Waals surface area (Å²) in [7, 11) is -3.87. The Hall–Kier alpha value is -0.601. The Kier molecular flexibility index (Phi) is 11.9. The van der Waals surface area contributed by atoms with Crippen molar-refractivity contribution in [3.63, 3.8) is 0 Å². The molecular weight excluding hydrogens is 505 g/mol. The third-order valence-corrected chi connectivity index (χ3v) is 23.1. The van der Waals surface area contributed by atoms with E-state index in [4.69, 9.17) is 0 Å². The first kappa shape index (κ1) is 27.4. The van der Waals surface area contributed by atoms with Crippen molar-refractivity contribution in [1.82, 2.24) is 4.72 Å². The predicted molar refractivity (Wildman–Crippen MR) is 128 cm³/mol. The molecule has 1 atom stereocenters. The average molecular weight is 546 g/mol. The number of rotatable bonds is 15. The SMILES string of the molecule is CCC[CH2][Sn]([CH2]CCC)([CH2]CCC)[c]1ccc(S(=O)(=O)NC(C(=O)O)C(C)C)cc1. The zero-order chi connectivity index (χ0) is 22.8. The molecule has 0 fully saturated rings. The molecule has 0 radical (unpaired) electrons. The zero-order valence-electron chi connectivity index (χ0n) is 19.4. The van der Waals surface area contributed by atoms with Gasteiger partial charge in [0.1, 0.15) is 0 Å². The molecule has 2 N–H and O–H groups in total. The Morgan fingerprint density at radius 3 is 1.70 bits per heavy atom. The van der Waals surface area contributed by atoms with Crippen LogP contribution in [0.4, 0.5) is 0 Å². The number of hydrogen-bond acceptors (Lipinski definition) is 3. The van der Waals surface area contributed by atoms with Crippen molar-refractivity contribution in [3.05, 3.63) is 24.3 Å². The summed E-state index contributed by atoms with van der Waals surface area (Å²) in [6.45, 7) is 10.1. The van der Waals surface area contributed by atoms with Crippen LogP contribution in [0.15, 0.2) is 29.2 Å². The maximum atomic E-state index is 12.8. The molecule has 0 saturated carbocycles. The fraction of sp³-hybridized carbons (Fsp3) is 0.696. The van der Waals surface area contributed by atoms with Gasteiger partial charge >= 0.3 is 189 Å². The molecule has 1 aromatic rings. The van der Waals surface area contributed by atoms with Crippen molar-refractivity contribution < 1.29 is 18.3 Å². The molecule has 1 rings (SSSR count). The number of carboxylic acid groups (broad SMARTS) is 1. The van der Waals surface area contributed by atoms with E-state index in [9.17, 15) is 18.3 Å². The van der Waals surface area contributed by atoms with Gasteiger partial charge in [0.2, 0.25) is 0 Å². The summed E-state index contributed by atoms with van der Waals surface area (Å²) >= 11 is -2.60. The molecule has 7 heteroatoms. The Balaban J connectivity index is 3.23. The van der Waals surface area contributed by atoms with E-state index in [-0.39, 0.29) is 10.8 Å². The van der Waals surface area contributed by atoms with Crippen molar-refractivity contribution in [3.8, 4) is 0 Å². The van der Waals surface area contributed by atoms with Gasteiger partial charge in [-0.15, -0.1) is 0 Å². The van der Waals surface area contributed by atoms with Crippen molar-refractivity contribution in [2.24, 2.45) is 5.92 Å². The molecule has 0 spiro atoms. The number of unbranched alkanes of at least 4 members (excludes halogenated alkanes) is 3. The molecule has 0 amide bonds. The van der Waals surface area contributed by atoms with Crippen molar-refractivity contribution in [1.29, 1.82) is 0 Å². The second-order valence-electron chi connectivity index (χ2n) is 8.80. The molecule has 1 aromatic carbocycles. The Labute approximate surface area is 188 Å². The number of hydrogen-bond donors (Lipinski definition) is 2. The van der Waals surface area contributed by atoms with E-state index in [1.165, 1.54) is 55.4 Å². The van der Waals surface area contributed by atoms with Gasteiger partial charge in [-0.25, -0.2) is 0 Å². The summed E-state index contributed by atoms with van der Waals surface area (Å²) in [6, 6.07) is 6.32. The Bertz CT molecular complexity index is 725. The number of carbonyl (C=O) groups is 1. The van der Waals surface area contributed by atoms with E-state index >= 15 is 0 Å². The molecule has 0 aliphatic heterocycles. The summed E-state index contributed by atoms with van der Waals surface area (Å²) in [5, 5.41) is 9.33. The van der Waals surface area contributed by atoms with Gasteiger partial charge in [-0.2, -0.15) is 0 Å². The zero-order valence-corrected chi connectivity index (χ0v) is 23.1. The van der Waals surface area contributed by atoms with E-state index in [0.717, 1.165) is 0 Å². The van der Waals surface area contributed by atoms with Gasteiger partial charge in [0, 0.05) is 0 Å². The number of nitrogens with one attached hydrogen (secondary N) is 1. The Morgan fingerprint density at radius 2 is 1.37 bits per heavy atom.